The molecule has 0 aliphatic carbocycles. The Morgan fingerprint density at radius 3 is 2.83 bits per heavy atom. The van der Waals surface area contributed by atoms with Crippen molar-refractivity contribution < 1.29 is 0 Å². The Morgan fingerprint density at radius 1 is 1.50 bits per heavy atom. The first-order valence-corrected chi connectivity index (χ1v) is 5.94. The molecule has 1 fully saturated rings. The fourth-order valence-electron chi connectivity index (χ4n) is 1.41. The molecule has 2 heterocycles. The Hall–Kier alpha value is -0.0900. The molecule has 1 aromatic heterocycles. The lowest BCUT2D eigenvalue weighted by Gasteiger charge is -2.28. The predicted octanol–water partition coefficient (Wildman–Crippen LogP) is 2.51. The van der Waals surface area contributed by atoms with E-state index in [-0.39, 0.29) is 0 Å². The molecule has 0 spiro atoms. The van der Waals surface area contributed by atoms with Crippen molar-refractivity contribution in [2.24, 2.45) is 0 Å². The van der Waals surface area contributed by atoms with Crippen LogP contribution in [0.3, 0.4) is 0 Å². The topological polar surface area (TPSA) is 16.1 Å². The molecule has 1 saturated heterocycles. The number of alkyl halides is 1. The molecule has 0 amide bonds. The van der Waals surface area contributed by atoms with Crippen LogP contribution >= 0.6 is 27.3 Å². The minimum Gasteiger partial charge on any atom is -0.348 e. The van der Waals surface area contributed by atoms with E-state index >= 15 is 0 Å². The van der Waals surface area contributed by atoms with Crippen LogP contribution in [-0.2, 0) is 0 Å². The second-order valence-electron chi connectivity index (χ2n) is 2.98. The van der Waals surface area contributed by atoms with Crippen LogP contribution in [0.5, 0.6) is 0 Å². The van der Waals surface area contributed by atoms with Gasteiger partial charge in [-0.3, -0.25) is 0 Å². The van der Waals surface area contributed by atoms with Gasteiger partial charge in [0.2, 0.25) is 0 Å². The van der Waals surface area contributed by atoms with E-state index in [1.54, 1.807) is 11.3 Å². The SMILES string of the molecule is BrC1CCN(c2nccs2)CC1. The molecule has 1 aliphatic heterocycles. The highest BCUT2D eigenvalue weighted by molar-refractivity contribution is 9.09. The maximum absolute atomic E-state index is 4.29. The van der Waals surface area contributed by atoms with Gasteiger partial charge in [-0.15, -0.1) is 11.3 Å². The fraction of sp³-hybridized carbons (Fsp3) is 0.625. The summed E-state index contributed by atoms with van der Waals surface area (Å²) in [5, 5.41) is 3.21. The summed E-state index contributed by atoms with van der Waals surface area (Å²) in [5.41, 5.74) is 0. The Kier molecular flexibility index (Phi) is 2.66. The lowest BCUT2D eigenvalue weighted by molar-refractivity contribution is 0.596. The molecule has 0 bridgehead atoms. The lowest BCUT2D eigenvalue weighted by atomic mass is 10.1. The van der Waals surface area contributed by atoms with Crippen LogP contribution in [0.4, 0.5) is 5.13 Å². The molecule has 1 aromatic rings. The van der Waals surface area contributed by atoms with E-state index in [1.165, 1.54) is 18.0 Å². The number of thiazole rings is 1. The van der Waals surface area contributed by atoms with Gasteiger partial charge in [0.05, 0.1) is 0 Å². The minimum absolute atomic E-state index is 0.716. The van der Waals surface area contributed by atoms with Crippen molar-refractivity contribution in [1.82, 2.24) is 4.98 Å². The third kappa shape index (κ3) is 1.80. The molecular weight excluding hydrogens is 236 g/mol. The average molecular weight is 247 g/mol. The molecule has 0 radical (unpaired) electrons. The Bertz CT molecular complexity index is 229. The van der Waals surface area contributed by atoms with E-state index < -0.39 is 0 Å². The quantitative estimate of drug-likeness (QED) is 0.709. The summed E-state index contributed by atoms with van der Waals surface area (Å²) in [5.74, 6) is 0. The van der Waals surface area contributed by atoms with Crippen LogP contribution < -0.4 is 4.90 Å². The molecule has 12 heavy (non-hydrogen) atoms. The molecule has 0 N–H and O–H groups in total. The van der Waals surface area contributed by atoms with Gasteiger partial charge in [-0.05, 0) is 12.8 Å². The number of rotatable bonds is 1. The summed E-state index contributed by atoms with van der Waals surface area (Å²) in [4.78, 5) is 7.37. The molecule has 0 atom stereocenters. The maximum Gasteiger partial charge on any atom is 0.185 e. The van der Waals surface area contributed by atoms with Crippen molar-refractivity contribution in [3.05, 3.63) is 11.6 Å². The van der Waals surface area contributed by atoms with Crippen molar-refractivity contribution >= 4 is 32.4 Å². The van der Waals surface area contributed by atoms with Crippen LogP contribution in [0.2, 0.25) is 0 Å². The van der Waals surface area contributed by atoms with Gasteiger partial charge in [0.15, 0.2) is 5.13 Å². The van der Waals surface area contributed by atoms with Crippen LogP contribution in [0.15, 0.2) is 11.6 Å². The third-order valence-corrected chi connectivity index (χ3v) is 3.86. The molecule has 2 rings (SSSR count). The predicted molar refractivity (Wildman–Crippen MR) is 56.3 cm³/mol. The Morgan fingerprint density at radius 2 is 2.25 bits per heavy atom. The molecule has 0 aromatic carbocycles. The first-order valence-electron chi connectivity index (χ1n) is 4.15. The van der Waals surface area contributed by atoms with Crippen molar-refractivity contribution in [2.45, 2.75) is 17.7 Å². The van der Waals surface area contributed by atoms with Gasteiger partial charge < -0.3 is 4.90 Å². The first kappa shape index (κ1) is 8.51. The van der Waals surface area contributed by atoms with Gasteiger partial charge in [0, 0.05) is 29.5 Å². The van der Waals surface area contributed by atoms with Gasteiger partial charge in [0.1, 0.15) is 0 Å². The van der Waals surface area contributed by atoms with Crippen LogP contribution in [-0.4, -0.2) is 22.9 Å². The number of hydrogen-bond donors (Lipinski definition) is 0. The highest BCUT2D eigenvalue weighted by Gasteiger charge is 2.17. The minimum atomic E-state index is 0.716. The van der Waals surface area contributed by atoms with E-state index in [9.17, 15) is 0 Å². The van der Waals surface area contributed by atoms with Crippen molar-refractivity contribution in [3.63, 3.8) is 0 Å². The van der Waals surface area contributed by atoms with E-state index in [1.807, 2.05) is 11.6 Å². The van der Waals surface area contributed by atoms with Gasteiger partial charge in [-0.1, -0.05) is 15.9 Å². The highest BCUT2D eigenvalue weighted by atomic mass is 79.9. The molecule has 0 saturated carbocycles. The van der Waals surface area contributed by atoms with E-state index in [0.717, 1.165) is 13.1 Å². The fourth-order valence-corrected chi connectivity index (χ4v) is 2.52. The largest absolute Gasteiger partial charge is 0.348 e. The lowest BCUT2D eigenvalue weighted by Crippen LogP contribution is -2.33. The molecule has 1 aliphatic rings. The number of nitrogens with zero attached hydrogens (tertiary/aromatic N) is 2. The van der Waals surface area contributed by atoms with E-state index in [0.29, 0.717) is 4.83 Å². The summed E-state index contributed by atoms with van der Waals surface area (Å²) in [6, 6.07) is 0. The molecule has 2 nitrogen and oxygen atoms in total. The Labute approximate surface area is 84.7 Å². The summed E-state index contributed by atoms with van der Waals surface area (Å²) >= 11 is 5.37. The van der Waals surface area contributed by atoms with Gasteiger partial charge in [-0.2, -0.15) is 0 Å². The number of aromatic nitrogens is 1. The second-order valence-corrected chi connectivity index (χ2v) is 5.14. The van der Waals surface area contributed by atoms with Crippen LogP contribution in [0.25, 0.3) is 0 Å². The summed E-state index contributed by atoms with van der Waals surface area (Å²) in [6.07, 6.45) is 4.35. The summed E-state index contributed by atoms with van der Waals surface area (Å²) < 4.78 is 0. The molecular formula is C8H11BrN2S. The van der Waals surface area contributed by atoms with E-state index in [2.05, 4.69) is 25.8 Å². The van der Waals surface area contributed by atoms with Gasteiger partial charge in [0.25, 0.3) is 0 Å². The second kappa shape index (κ2) is 3.75. The van der Waals surface area contributed by atoms with E-state index in [4.69, 9.17) is 0 Å². The number of hydrogen-bond acceptors (Lipinski definition) is 3. The summed E-state index contributed by atoms with van der Waals surface area (Å²) in [6.45, 7) is 2.28. The third-order valence-electron chi connectivity index (χ3n) is 2.11. The average Bonchev–Trinajstić information content (AvgIpc) is 2.58. The Balaban J connectivity index is 1.99. The van der Waals surface area contributed by atoms with Crippen LogP contribution in [0.1, 0.15) is 12.8 Å². The summed E-state index contributed by atoms with van der Waals surface area (Å²) in [7, 11) is 0. The smallest absolute Gasteiger partial charge is 0.185 e. The number of piperidine rings is 1. The maximum atomic E-state index is 4.29. The zero-order chi connectivity index (χ0) is 8.39. The molecule has 0 unspecified atom stereocenters. The monoisotopic (exact) mass is 246 g/mol. The van der Waals surface area contributed by atoms with Crippen molar-refractivity contribution in [3.8, 4) is 0 Å². The number of halogens is 1. The zero-order valence-corrected chi connectivity index (χ0v) is 9.14. The highest BCUT2D eigenvalue weighted by Crippen LogP contribution is 2.24. The first-order chi connectivity index (χ1) is 5.86. The van der Waals surface area contributed by atoms with Crippen molar-refractivity contribution in [1.29, 1.82) is 0 Å². The standard InChI is InChI=1S/C8H11BrN2S/c9-7-1-4-11(5-2-7)8-10-3-6-12-8/h3,6-7H,1-2,4-5H2. The van der Waals surface area contributed by atoms with Crippen molar-refractivity contribution in [2.75, 3.05) is 18.0 Å². The molecule has 4 heteroatoms. The zero-order valence-electron chi connectivity index (χ0n) is 6.74. The normalized spacial score (nSPS) is 19.9. The van der Waals surface area contributed by atoms with Gasteiger partial charge >= 0.3 is 0 Å². The van der Waals surface area contributed by atoms with Gasteiger partial charge in [-0.25, -0.2) is 4.98 Å². The molecule has 66 valence electrons. The number of anilines is 1. The van der Waals surface area contributed by atoms with Crippen LogP contribution in [0, 0.1) is 0 Å².